The molecule has 0 saturated heterocycles. The van der Waals surface area contributed by atoms with Crippen molar-refractivity contribution in [3.05, 3.63) is 29.3 Å². The van der Waals surface area contributed by atoms with E-state index in [0.29, 0.717) is 22.9 Å². The molecule has 0 spiro atoms. The van der Waals surface area contributed by atoms with Crippen molar-refractivity contribution in [3.8, 4) is 5.75 Å². The number of rotatable bonds is 2. The molecule has 0 bridgehead atoms. The molecule has 1 aromatic carbocycles. The predicted octanol–water partition coefficient (Wildman–Crippen LogP) is 7.52. The number of halogens is 1. The molecule has 4 saturated carbocycles. The molecule has 0 heterocycles. The van der Waals surface area contributed by atoms with Crippen LogP contribution in [-0.4, -0.2) is 6.10 Å². The fourth-order valence-corrected chi connectivity index (χ4v) is 8.33. The van der Waals surface area contributed by atoms with Gasteiger partial charge in [-0.3, -0.25) is 0 Å². The smallest absolute Gasteiger partial charge is 0.138 e. The van der Waals surface area contributed by atoms with Crippen LogP contribution < -0.4 is 4.74 Å². The lowest BCUT2D eigenvalue weighted by Crippen LogP contribution is -2.57. The number of benzene rings is 1. The second-order valence-electron chi connectivity index (χ2n) is 10.6. The zero-order valence-corrected chi connectivity index (χ0v) is 17.8. The number of para-hydroxylation sites is 1. The third-order valence-corrected chi connectivity index (χ3v) is 9.77. The van der Waals surface area contributed by atoms with Gasteiger partial charge in [0.15, 0.2) is 0 Å². The summed E-state index contributed by atoms with van der Waals surface area (Å²) in [4.78, 5) is 0. The molecule has 148 valence electrons. The summed E-state index contributed by atoms with van der Waals surface area (Å²) in [6, 6.07) is 8.09. The first-order valence-electron chi connectivity index (χ1n) is 11.4. The van der Waals surface area contributed by atoms with Crippen molar-refractivity contribution in [2.45, 2.75) is 84.2 Å². The van der Waals surface area contributed by atoms with Crippen LogP contribution in [0, 0.1) is 34.5 Å². The lowest BCUT2D eigenvalue weighted by molar-refractivity contribution is -0.146. The molecule has 4 aliphatic carbocycles. The monoisotopic (exact) mass is 386 g/mol. The van der Waals surface area contributed by atoms with Gasteiger partial charge in [-0.25, -0.2) is 0 Å². The Morgan fingerprint density at radius 2 is 1.70 bits per heavy atom. The van der Waals surface area contributed by atoms with Crippen LogP contribution in [0.15, 0.2) is 24.3 Å². The van der Waals surface area contributed by atoms with Gasteiger partial charge in [0.1, 0.15) is 11.9 Å². The summed E-state index contributed by atoms with van der Waals surface area (Å²) in [5.74, 6) is 4.31. The van der Waals surface area contributed by atoms with E-state index in [0.717, 1.165) is 28.5 Å². The lowest BCUT2D eigenvalue weighted by Gasteiger charge is -2.61. The summed E-state index contributed by atoms with van der Waals surface area (Å²) in [6.07, 6.45) is 14.4. The maximum atomic E-state index is 6.72. The van der Waals surface area contributed by atoms with Crippen molar-refractivity contribution in [2.75, 3.05) is 0 Å². The molecule has 7 atom stereocenters. The Morgan fingerprint density at radius 3 is 2.56 bits per heavy atom. The van der Waals surface area contributed by atoms with Crippen LogP contribution in [0.25, 0.3) is 0 Å². The second-order valence-corrected chi connectivity index (χ2v) is 11.0. The summed E-state index contributed by atoms with van der Waals surface area (Å²) in [5.41, 5.74) is 1.07. The van der Waals surface area contributed by atoms with Gasteiger partial charge in [-0.2, -0.15) is 0 Å². The topological polar surface area (TPSA) is 9.23 Å². The summed E-state index contributed by atoms with van der Waals surface area (Å²) in [7, 11) is 0. The number of ether oxygens (including phenoxy) is 1. The third kappa shape index (κ3) is 2.86. The molecule has 0 N–H and O–H groups in total. The first kappa shape index (κ1) is 18.3. The average molecular weight is 387 g/mol. The Hall–Kier alpha value is -0.690. The highest BCUT2D eigenvalue weighted by atomic mass is 35.5. The summed E-state index contributed by atoms with van der Waals surface area (Å²) in [6.45, 7) is 5.23. The van der Waals surface area contributed by atoms with Crippen molar-refractivity contribution >= 4 is 11.6 Å². The molecule has 0 aliphatic heterocycles. The number of fused-ring (bicyclic) bond motifs is 5. The van der Waals surface area contributed by atoms with E-state index in [2.05, 4.69) is 26.0 Å². The van der Waals surface area contributed by atoms with Gasteiger partial charge in [0.2, 0.25) is 0 Å². The van der Waals surface area contributed by atoms with Crippen molar-refractivity contribution in [1.82, 2.24) is 0 Å². The highest BCUT2D eigenvalue weighted by molar-refractivity contribution is 6.32. The Balaban J connectivity index is 1.49. The minimum atomic E-state index is 0.347. The van der Waals surface area contributed by atoms with E-state index >= 15 is 0 Å². The quantitative estimate of drug-likeness (QED) is 0.510. The molecular formula is C25H35ClO. The van der Waals surface area contributed by atoms with E-state index in [1.807, 2.05) is 12.1 Å². The minimum absolute atomic E-state index is 0.347. The molecule has 1 nitrogen and oxygen atoms in total. The highest BCUT2D eigenvalue weighted by Gasteiger charge is 2.60. The van der Waals surface area contributed by atoms with E-state index in [1.165, 1.54) is 64.2 Å². The number of hydrogen-bond acceptors (Lipinski definition) is 1. The maximum Gasteiger partial charge on any atom is 0.138 e. The molecule has 1 aromatic rings. The Labute approximate surface area is 170 Å². The Morgan fingerprint density at radius 1 is 0.889 bits per heavy atom. The van der Waals surface area contributed by atoms with Crippen LogP contribution in [0.5, 0.6) is 5.75 Å². The highest BCUT2D eigenvalue weighted by Crippen LogP contribution is 2.66. The Bertz CT molecular complexity index is 701. The molecule has 27 heavy (non-hydrogen) atoms. The van der Waals surface area contributed by atoms with Crippen molar-refractivity contribution in [1.29, 1.82) is 0 Å². The fourth-order valence-electron chi connectivity index (χ4n) is 8.15. The third-order valence-electron chi connectivity index (χ3n) is 9.46. The van der Waals surface area contributed by atoms with Crippen LogP contribution in [0.1, 0.15) is 78.1 Å². The van der Waals surface area contributed by atoms with E-state index in [4.69, 9.17) is 16.3 Å². The van der Waals surface area contributed by atoms with Crippen molar-refractivity contribution < 1.29 is 4.74 Å². The van der Waals surface area contributed by atoms with Crippen molar-refractivity contribution in [3.63, 3.8) is 0 Å². The van der Waals surface area contributed by atoms with Crippen LogP contribution in [0.3, 0.4) is 0 Å². The largest absolute Gasteiger partial charge is 0.489 e. The standard InChI is InChI=1S/C25H35ClO/c1-24-13-7-9-18(24)17-16-23(27-22-11-4-3-10-21(22)26)20-8-5-6-14-25(20,2)19(17)12-15-24/h3-4,10-11,17-20,23H,5-9,12-16H2,1-2H3/t17-,18-,19-,20+,23+,24-,25+/m0/s1. The molecule has 0 unspecified atom stereocenters. The molecule has 0 radical (unpaired) electrons. The lowest BCUT2D eigenvalue weighted by atomic mass is 9.45. The van der Waals surface area contributed by atoms with Gasteiger partial charge in [0.05, 0.1) is 5.02 Å². The van der Waals surface area contributed by atoms with Crippen molar-refractivity contribution in [2.24, 2.45) is 34.5 Å². The van der Waals surface area contributed by atoms with Crippen LogP contribution in [0.4, 0.5) is 0 Å². The van der Waals surface area contributed by atoms with Gasteiger partial charge in [-0.15, -0.1) is 0 Å². The van der Waals surface area contributed by atoms with E-state index in [9.17, 15) is 0 Å². The fraction of sp³-hybridized carbons (Fsp3) is 0.760. The SMILES string of the molecule is C[C@@]12CCC[C@H]1[C@@H]1C[C@@H](Oc3ccccc3Cl)[C@H]3CCCC[C@]3(C)[C@H]1CC2. The summed E-state index contributed by atoms with van der Waals surface area (Å²) >= 11 is 6.48. The zero-order valence-electron chi connectivity index (χ0n) is 17.1. The molecule has 2 heteroatoms. The first-order valence-corrected chi connectivity index (χ1v) is 11.8. The molecule has 4 fully saturated rings. The summed E-state index contributed by atoms with van der Waals surface area (Å²) < 4.78 is 6.72. The Kier molecular flexibility index (Phi) is 4.54. The normalized spacial score (nSPS) is 46.3. The molecule has 4 aliphatic rings. The summed E-state index contributed by atoms with van der Waals surface area (Å²) in [5, 5.41) is 0.770. The van der Waals surface area contributed by atoms with Gasteiger partial charge < -0.3 is 4.74 Å². The molecule has 0 aromatic heterocycles. The molecule has 5 rings (SSSR count). The molecular weight excluding hydrogens is 352 g/mol. The average Bonchev–Trinajstić information content (AvgIpc) is 3.05. The van der Waals surface area contributed by atoms with Gasteiger partial charge in [0, 0.05) is 5.92 Å². The zero-order chi connectivity index (χ0) is 18.6. The minimum Gasteiger partial charge on any atom is -0.489 e. The maximum absolute atomic E-state index is 6.72. The van der Waals surface area contributed by atoms with Crippen LogP contribution in [0.2, 0.25) is 5.02 Å². The van der Waals surface area contributed by atoms with Crippen LogP contribution >= 0.6 is 11.6 Å². The van der Waals surface area contributed by atoms with Gasteiger partial charge in [-0.05, 0) is 85.7 Å². The van der Waals surface area contributed by atoms with E-state index < -0.39 is 0 Å². The van der Waals surface area contributed by atoms with E-state index in [-0.39, 0.29) is 0 Å². The second kappa shape index (κ2) is 6.68. The van der Waals surface area contributed by atoms with Gasteiger partial charge >= 0.3 is 0 Å². The first-order chi connectivity index (χ1) is 13.0. The predicted molar refractivity (Wildman–Crippen MR) is 112 cm³/mol. The number of hydrogen-bond donors (Lipinski definition) is 0. The van der Waals surface area contributed by atoms with Gasteiger partial charge in [-0.1, -0.05) is 56.8 Å². The van der Waals surface area contributed by atoms with E-state index in [1.54, 1.807) is 0 Å². The molecule has 0 amide bonds. The van der Waals surface area contributed by atoms with Gasteiger partial charge in [0.25, 0.3) is 0 Å². The van der Waals surface area contributed by atoms with Crippen LogP contribution in [-0.2, 0) is 0 Å².